The number of rotatable bonds is 6. The molecule has 0 saturated carbocycles. The Kier molecular flexibility index (Phi) is 4.92. The summed E-state index contributed by atoms with van der Waals surface area (Å²) in [5, 5.41) is 12.2. The van der Waals surface area contributed by atoms with Gasteiger partial charge in [-0.3, -0.25) is 0 Å². The predicted molar refractivity (Wildman–Crippen MR) is 74.4 cm³/mol. The summed E-state index contributed by atoms with van der Waals surface area (Å²) in [6.45, 7) is 2.02. The molecule has 0 atom stereocenters. The maximum absolute atomic E-state index is 11.4. The van der Waals surface area contributed by atoms with E-state index in [-0.39, 0.29) is 12.6 Å². The van der Waals surface area contributed by atoms with E-state index in [1.807, 2.05) is 0 Å². The molecule has 0 aliphatic carbocycles. The second-order valence-corrected chi connectivity index (χ2v) is 4.74. The van der Waals surface area contributed by atoms with E-state index in [9.17, 15) is 4.79 Å². The number of aliphatic hydroxyl groups excluding tert-OH is 1. The number of amides is 2. The first-order valence-corrected chi connectivity index (χ1v) is 6.66. The molecule has 0 spiro atoms. The van der Waals surface area contributed by atoms with Gasteiger partial charge in [0.05, 0.1) is 25.3 Å². The summed E-state index contributed by atoms with van der Waals surface area (Å²) in [7, 11) is 1.51. The largest absolute Gasteiger partial charge is 0.493 e. The molecule has 1 aliphatic rings. The van der Waals surface area contributed by atoms with Crippen molar-refractivity contribution in [3.05, 3.63) is 22.7 Å². The second kappa shape index (κ2) is 6.67. The van der Waals surface area contributed by atoms with Crippen molar-refractivity contribution in [1.29, 1.82) is 0 Å². The zero-order valence-electron chi connectivity index (χ0n) is 11.2. The second-order valence-electron chi connectivity index (χ2n) is 4.33. The number of aliphatic hydroxyl groups is 1. The van der Waals surface area contributed by atoms with Crippen molar-refractivity contribution >= 4 is 17.6 Å². The highest BCUT2D eigenvalue weighted by Gasteiger charge is 2.19. The van der Waals surface area contributed by atoms with Gasteiger partial charge in [0.25, 0.3) is 0 Å². The predicted octanol–water partition coefficient (Wildman–Crippen LogP) is 1.24. The van der Waals surface area contributed by atoms with Gasteiger partial charge in [0.15, 0.2) is 11.5 Å². The summed E-state index contributed by atoms with van der Waals surface area (Å²) in [6.07, 6.45) is 0. The van der Waals surface area contributed by atoms with E-state index in [0.29, 0.717) is 48.3 Å². The highest BCUT2D eigenvalue weighted by atomic mass is 35.5. The number of urea groups is 1. The lowest BCUT2D eigenvalue weighted by atomic mass is 10.2. The van der Waals surface area contributed by atoms with Gasteiger partial charge >= 0.3 is 6.03 Å². The van der Waals surface area contributed by atoms with Gasteiger partial charge in [-0.2, -0.15) is 0 Å². The van der Waals surface area contributed by atoms with Crippen LogP contribution in [0, 0.1) is 0 Å². The minimum Gasteiger partial charge on any atom is -0.493 e. The van der Waals surface area contributed by atoms with Crippen LogP contribution in [0.4, 0.5) is 4.79 Å². The molecule has 2 N–H and O–H groups in total. The van der Waals surface area contributed by atoms with Crippen LogP contribution in [0.15, 0.2) is 12.1 Å². The Morgan fingerprint density at radius 3 is 2.90 bits per heavy atom. The SMILES string of the molecule is COc1cc(CO)cc(Cl)c1OCCN1CCNC1=O. The lowest BCUT2D eigenvalue weighted by Crippen LogP contribution is -2.31. The van der Waals surface area contributed by atoms with Crippen molar-refractivity contribution in [1.82, 2.24) is 10.2 Å². The number of benzene rings is 1. The van der Waals surface area contributed by atoms with E-state index in [2.05, 4.69) is 5.32 Å². The van der Waals surface area contributed by atoms with Crippen LogP contribution >= 0.6 is 11.6 Å². The number of methoxy groups -OCH3 is 1. The van der Waals surface area contributed by atoms with Crippen LogP contribution in [-0.2, 0) is 6.61 Å². The summed E-state index contributed by atoms with van der Waals surface area (Å²) in [5.41, 5.74) is 0.651. The van der Waals surface area contributed by atoms with Gasteiger partial charge in [-0.05, 0) is 17.7 Å². The Balaban J connectivity index is 1.99. The number of hydrogen-bond acceptors (Lipinski definition) is 4. The van der Waals surface area contributed by atoms with Crippen molar-refractivity contribution in [2.75, 3.05) is 33.4 Å². The Morgan fingerprint density at radius 1 is 1.50 bits per heavy atom. The van der Waals surface area contributed by atoms with Crippen LogP contribution in [0.5, 0.6) is 11.5 Å². The minimum atomic E-state index is -0.121. The van der Waals surface area contributed by atoms with E-state index in [1.54, 1.807) is 17.0 Å². The van der Waals surface area contributed by atoms with Gasteiger partial charge in [0.2, 0.25) is 0 Å². The molecule has 20 heavy (non-hydrogen) atoms. The van der Waals surface area contributed by atoms with E-state index in [4.69, 9.17) is 26.2 Å². The molecule has 0 aromatic heterocycles. The standard InChI is InChI=1S/C13H17ClN2O4/c1-19-11-7-9(8-17)6-10(14)12(11)20-5-4-16-3-2-15-13(16)18/h6-7,17H,2-5,8H2,1H3,(H,15,18). The molecule has 2 amide bonds. The first-order valence-electron chi connectivity index (χ1n) is 6.28. The molecule has 1 aliphatic heterocycles. The maximum atomic E-state index is 11.4. The lowest BCUT2D eigenvalue weighted by Gasteiger charge is -2.17. The van der Waals surface area contributed by atoms with Gasteiger partial charge in [-0.1, -0.05) is 11.6 Å². The fourth-order valence-electron chi connectivity index (χ4n) is 1.99. The molecule has 1 saturated heterocycles. The number of hydrogen-bond donors (Lipinski definition) is 2. The summed E-state index contributed by atoms with van der Waals surface area (Å²) < 4.78 is 10.8. The van der Waals surface area contributed by atoms with Gasteiger partial charge in [-0.15, -0.1) is 0 Å². The summed E-state index contributed by atoms with van der Waals surface area (Å²) >= 11 is 6.11. The third kappa shape index (κ3) is 3.26. The summed E-state index contributed by atoms with van der Waals surface area (Å²) in [5.74, 6) is 0.887. The van der Waals surface area contributed by atoms with Gasteiger partial charge in [-0.25, -0.2) is 4.79 Å². The van der Waals surface area contributed by atoms with E-state index in [0.717, 1.165) is 0 Å². The molecule has 1 heterocycles. The third-order valence-corrected chi connectivity index (χ3v) is 3.31. The first kappa shape index (κ1) is 14.7. The molecule has 1 aromatic rings. The average Bonchev–Trinajstić information content (AvgIpc) is 2.85. The highest BCUT2D eigenvalue weighted by Crippen LogP contribution is 2.36. The van der Waals surface area contributed by atoms with E-state index in [1.165, 1.54) is 7.11 Å². The average molecular weight is 301 g/mol. The van der Waals surface area contributed by atoms with Crippen molar-refractivity contribution in [2.45, 2.75) is 6.61 Å². The molecule has 0 radical (unpaired) electrons. The topological polar surface area (TPSA) is 71.0 Å². The molecule has 0 bridgehead atoms. The number of nitrogens with zero attached hydrogens (tertiary/aromatic N) is 1. The van der Waals surface area contributed by atoms with Crippen molar-refractivity contribution in [3.8, 4) is 11.5 Å². The molecule has 110 valence electrons. The van der Waals surface area contributed by atoms with Crippen LogP contribution < -0.4 is 14.8 Å². The van der Waals surface area contributed by atoms with Crippen LogP contribution in [0.3, 0.4) is 0 Å². The normalized spacial score (nSPS) is 14.3. The number of ether oxygens (including phenoxy) is 2. The molecule has 7 heteroatoms. The zero-order chi connectivity index (χ0) is 14.5. The van der Waals surface area contributed by atoms with Crippen LogP contribution in [-0.4, -0.2) is 49.4 Å². The number of halogens is 1. The molecular formula is C13H17ClN2O4. The lowest BCUT2D eigenvalue weighted by molar-refractivity contribution is 0.201. The Hall–Kier alpha value is -1.66. The monoisotopic (exact) mass is 300 g/mol. The fourth-order valence-corrected chi connectivity index (χ4v) is 2.27. The summed E-state index contributed by atoms with van der Waals surface area (Å²) in [4.78, 5) is 13.0. The summed E-state index contributed by atoms with van der Waals surface area (Å²) in [6, 6.07) is 3.22. The number of carbonyl (C=O) groups is 1. The molecule has 1 aromatic carbocycles. The highest BCUT2D eigenvalue weighted by molar-refractivity contribution is 6.32. The molecule has 6 nitrogen and oxygen atoms in total. The fraction of sp³-hybridized carbons (Fsp3) is 0.462. The maximum Gasteiger partial charge on any atom is 0.317 e. The number of carbonyl (C=O) groups excluding carboxylic acids is 1. The zero-order valence-corrected chi connectivity index (χ0v) is 11.9. The quantitative estimate of drug-likeness (QED) is 0.829. The molecule has 2 rings (SSSR count). The third-order valence-electron chi connectivity index (χ3n) is 3.02. The number of nitrogens with one attached hydrogen (secondary N) is 1. The molecule has 0 unspecified atom stereocenters. The smallest absolute Gasteiger partial charge is 0.317 e. The van der Waals surface area contributed by atoms with E-state index < -0.39 is 0 Å². The van der Waals surface area contributed by atoms with Gasteiger partial charge in [0.1, 0.15) is 6.61 Å². The first-order chi connectivity index (χ1) is 9.65. The van der Waals surface area contributed by atoms with Crippen LogP contribution in [0.1, 0.15) is 5.56 Å². The minimum absolute atomic E-state index is 0.0812. The Bertz CT molecular complexity index is 496. The van der Waals surface area contributed by atoms with E-state index >= 15 is 0 Å². The van der Waals surface area contributed by atoms with Crippen molar-refractivity contribution in [2.24, 2.45) is 0 Å². The van der Waals surface area contributed by atoms with Gasteiger partial charge in [0, 0.05) is 13.1 Å². The Labute approximate surface area is 122 Å². The van der Waals surface area contributed by atoms with Crippen molar-refractivity contribution < 1.29 is 19.4 Å². The van der Waals surface area contributed by atoms with Crippen LogP contribution in [0.25, 0.3) is 0 Å². The van der Waals surface area contributed by atoms with Crippen molar-refractivity contribution in [3.63, 3.8) is 0 Å². The Morgan fingerprint density at radius 2 is 2.30 bits per heavy atom. The molecular weight excluding hydrogens is 284 g/mol. The van der Waals surface area contributed by atoms with Gasteiger partial charge < -0.3 is 24.8 Å². The van der Waals surface area contributed by atoms with Crippen LogP contribution in [0.2, 0.25) is 5.02 Å². The molecule has 1 fully saturated rings.